The van der Waals surface area contributed by atoms with Crippen LogP contribution in [0.15, 0.2) is 30.5 Å². The summed E-state index contributed by atoms with van der Waals surface area (Å²) in [6, 6.07) is 6.49. The molecule has 0 saturated carbocycles. The lowest BCUT2D eigenvalue weighted by atomic mass is 10.3. The largest absolute Gasteiger partial charge is 0.293 e. The molecule has 0 saturated heterocycles. The normalized spacial score (nSPS) is 9.40. The monoisotopic (exact) mass is 311 g/mol. The number of pyridine rings is 1. The summed E-state index contributed by atoms with van der Waals surface area (Å²) < 4.78 is 0. The van der Waals surface area contributed by atoms with E-state index in [0.29, 0.717) is 16.5 Å². The first-order chi connectivity index (χ1) is 9.40. The fraction of sp³-hybridized carbons (Fsp3) is 0.154. The Balaban J connectivity index is 0.000000200. The Labute approximate surface area is 126 Å². The Morgan fingerprint density at radius 2 is 1.55 bits per heavy atom. The van der Waals surface area contributed by atoms with Gasteiger partial charge in [0, 0.05) is 20.0 Å². The molecule has 0 N–H and O–H groups in total. The number of nitrogens with zero attached hydrogens (tertiary/aromatic N) is 3. The van der Waals surface area contributed by atoms with Crippen LogP contribution in [0.1, 0.15) is 34.8 Å². The minimum Gasteiger partial charge on any atom is -0.293 e. The van der Waals surface area contributed by atoms with Crippen molar-refractivity contribution in [1.82, 2.24) is 15.0 Å². The number of hydrogen-bond donors (Lipinski definition) is 0. The summed E-state index contributed by atoms with van der Waals surface area (Å²) in [4.78, 5) is 32.4. The van der Waals surface area contributed by atoms with Crippen molar-refractivity contribution in [3.8, 4) is 0 Å². The molecule has 2 heterocycles. The van der Waals surface area contributed by atoms with E-state index >= 15 is 0 Å². The number of aromatic nitrogens is 3. The molecule has 0 radical (unpaired) electrons. The van der Waals surface area contributed by atoms with E-state index in [1.54, 1.807) is 18.2 Å². The molecule has 0 fully saturated rings. The zero-order valence-electron chi connectivity index (χ0n) is 10.8. The van der Waals surface area contributed by atoms with Gasteiger partial charge in [0.05, 0.1) is 0 Å². The lowest BCUT2D eigenvalue weighted by Crippen LogP contribution is -1.96. The lowest BCUT2D eigenvalue weighted by molar-refractivity contribution is 0.100. The van der Waals surface area contributed by atoms with Gasteiger partial charge in [0.1, 0.15) is 16.5 Å². The van der Waals surface area contributed by atoms with E-state index in [4.69, 9.17) is 23.2 Å². The lowest BCUT2D eigenvalue weighted by Gasteiger charge is -1.92. The number of hydrogen-bond acceptors (Lipinski definition) is 5. The molecule has 0 aromatic carbocycles. The third kappa shape index (κ3) is 5.42. The van der Waals surface area contributed by atoms with E-state index in [2.05, 4.69) is 15.0 Å². The Bertz CT molecular complexity index is 577. The highest BCUT2D eigenvalue weighted by Gasteiger charge is 2.00. The van der Waals surface area contributed by atoms with Gasteiger partial charge in [-0.1, -0.05) is 17.7 Å². The predicted molar refractivity (Wildman–Crippen MR) is 76.3 cm³/mol. The molecule has 0 spiro atoms. The summed E-state index contributed by atoms with van der Waals surface area (Å²) in [5, 5.41) is 0.459. The van der Waals surface area contributed by atoms with Crippen LogP contribution < -0.4 is 0 Å². The van der Waals surface area contributed by atoms with E-state index in [1.165, 1.54) is 26.1 Å². The van der Waals surface area contributed by atoms with Gasteiger partial charge in [0.25, 0.3) is 0 Å². The fourth-order valence-corrected chi connectivity index (χ4v) is 1.45. The van der Waals surface area contributed by atoms with Crippen LogP contribution in [-0.4, -0.2) is 26.5 Å². The second kappa shape index (κ2) is 7.67. The van der Waals surface area contributed by atoms with Crippen molar-refractivity contribution in [2.24, 2.45) is 0 Å². The van der Waals surface area contributed by atoms with Gasteiger partial charge in [-0.05, 0) is 29.8 Å². The summed E-state index contributed by atoms with van der Waals surface area (Å²) in [6.07, 6.45) is 1.45. The summed E-state index contributed by atoms with van der Waals surface area (Å²) in [6.45, 7) is 2.89. The Hall–Kier alpha value is -1.85. The van der Waals surface area contributed by atoms with Crippen LogP contribution in [0.3, 0.4) is 0 Å². The van der Waals surface area contributed by atoms with E-state index < -0.39 is 0 Å². The zero-order chi connectivity index (χ0) is 15.1. The molecule has 7 heteroatoms. The summed E-state index contributed by atoms with van der Waals surface area (Å²) in [7, 11) is 0. The van der Waals surface area contributed by atoms with Crippen LogP contribution in [0.25, 0.3) is 0 Å². The maximum absolute atomic E-state index is 10.7. The first kappa shape index (κ1) is 16.2. The molecule has 104 valence electrons. The molecule has 0 aliphatic carbocycles. The maximum atomic E-state index is 10.7. The van der Waals surface area contributed by atoms with Crippen LogP contribution in [0, 0.1) is 0 Å². The number of halogens is 2. The molecule has 2 aromatic rings. The Morgan fingerprint density at radius 1 is 0.950 bits per heavy atom. The van der Waals surface area contributed by atoms with Crippen molar-refractivity contribution in [3.63, 3.8) is 0 Å². The molecular weight excluding hydrogens is 301 g/mol. The standard InChI is InChI=1S/C7H6ClNO.C6H5ClN2O/c1-5(10)6-3-2-4-7(8)9-6;1-4(10)5-2-3-8-6(7)9-5/h2-4H,1H3;2-3H,1H3. The van der Waals surface area contributed by atoms with Crippen LogP contribution in [-0.2, 0) is 0 Å². The van der Waals surface area contributed by atoms with Gasteiger partial charge in [0.15, 0.2) is 11.6 Å². The number of carbonyl (C=O) groups is 2. The number of Topliss-reactive ketones (excluding diaryl/α,β-unsaturated/α-hetero) is 2. The summed E-state index contributed by atoms with van der Waals surface area (Å²) in [5.41, 5.74) is 0.757. The number of carbonyl (C=O) groups excluding carboxylic acids is 2. The minimum atomic E-state index is -0.107. The molecule has 0 aliphatic rings. The number of rotatable bonds is 2. The van der Waals surface area contributed by atoms with Crippen LogP contribution in [0.2, 0.25) is 10.4 Å². The molecule has 0 amide bonds. The van der Waals surface area contributed by atoms with Gasteiger partial charge in [-0.25, -0.2) is 15.0 Å². The molecule has 20 heavy (non-hydrogen) atoms. The molecule has 2 aromatic heterocycles. The zero-order valence-corrected chi connectivity index (χ0v) is 12.3. The van der Waals surface area contributed by atoms with Gasteiger partial charge < -0.3 is 0 Å². The molecular formula is C13H11Cl2N3O2. The second-order valence-electron chi connectivity index (χ2n) is 3.67. The van der Waals surface area contributed by atoms with Gasteiger partial charge in [-0.3, -0.25) is 9.59 Å². The van der Waals surface area contributed by atoms with E-state index in [-0.39, 0.29) is 16.9 Å². The van der Waals surface area contributed by atoms with Crippen molar-refractivity contribution in [3.05, 3.63) is 52.3 Å². The first-order valence-electron chi connectivity index (χ1n) is 5.53. The van der Waals surface area contributed by atoms with Gasteiger partial charge in [-0.2, -0.15) is 0 Å². The van der Waals surface area contributed by atoms with Crippen molar-refractivity contribution in [1.29, 1.82) is 0 Å². The van der Waals surface area contributed by atoms with Crippen molar-refractivity contribution in [2.45, 2.75) is 13.8 Å². The molecule has 0 unspecified atom stereocenters. The molecule has 0 atom stereocenters. The Morgan fingerprint density at radius 3 is 1.95 bits per heavy atom. The van der Waals surface area contributed by atoms with Crippen molar-refractivity contribution in [2.75, 3.05) is 0 Å². The maximum Gasteiger partial charge on any atom is 0.222 e. The van der Waals surface area contributed by atoms with E-state index in [0.717, 1.165) is 0 Å². The van der Waals surface area contributed by atoms with Crippen LogP contribution in [0.4, 0.5) is 0 Å². The highest BCUT2D eigenvalue weighted by molar-refractivity contribution is 6.29. The van der Waals surface area contributed by atoms with Crippen LogP contribution in [0.5, 0.6) is 0 Å². The SMILES string of the molecule is CC(=O)c1cccc(Cl)n1.CC(=O)c1ccnc(Cl)n1. The predicted octanol–water partition coefficient (Wildman–Crippen LogP) is 3.27. The second-order valence-corrected chi connectivity index (χ2v) is 4.39. The third-order valence-corrected chi connectivity index (χ3v) is 2.46. The quantitative estimate of drug-likeness (QED) is 0.483. The average molecular weight is 312 g/mol. The smallest absolute Gasteiger partial charge is 0.222 e. The van der Waals surface area contributed by atoms with Crippen molar-refractivity contribution >= 4 is 34.8 Å². The van der Waals surface area contributed by atoms with Gasteiger partial charge in [0.2, 0.25) is 5.28 Å². The highest BCUT2D eigenvalue weighted by Crippen LogP contribution is 2.04. The summed E-state index contributed by atoms with van der Waals surface area (Å²) in [5.74, 6) is -0.174. The fourth-order valence-electron chi connectivity index (χ4n) is 1.14. The summed E-state index contributed by atoms with van der Waals surface area (Å²) >= 11 is 10.9. The minimum absolute atomic E-state index is 0.0671. The average Bonchev–Trinajstić information content (AvgIpc) is 2.39. The van der Waals surface area contributed by atoms with Gasteiger partial charge >= 0.3 is 0 Å². The van der Waals surface area contributed by atoms with Gasteiger partial charge in [-0.15, -0.1) is 0 Å². The van der Waals surface area contributed by atoms with E-state index in [9.17, 15) is 9.59 Å². The molecule has 0 bridgehead atoms. The van der Waals surface area contributed by atoms with Crippen molar-refractivity contribution < 1.29 is 9.59 Å². The molecule has 5 nitrogen and oxygen atoms in total. The first-order valence-corrected chi connectivity index (χ1v) is 6.28. The third-order valence-electron chi connectivity index (χ3n) is 2.06. The number of ketones is 2. The molecule has 0 aliphatic heterocycles. The van der Waals surface area contributed by atoms with E-state index in [1.807, 2.05) is 0 Å². The molecule has 2 rings (SSSR count). The topological polar surface area (TPSA) is 72.8 Å². The Kier molecular flexibility index (Phi) is 6.21. The highest BCUT2D eigenvalue weighted by atomic mass is 35.5. The van der Waals surface area contributed by atoms with Crippen LogP contribution >= 0.6 is 23.2 Å².